The Balaban J connectivity index is 2.47. The Morgan fingerprint density at radius 1 is 1.50 bits per heavy atom. The molecule has 0 atom stereocenters. The van der Waals surface area contributed by atoms with Crippen LogP contribution in [-0.2, 0) is 16.1 Å². The van der Waals surface area contributed by atoms with Crippen LogP contribution >= 0.6 is 11.8 Å². The number of rotatable bonds is 7. The van der Waals surface area contributed by atoms with Gasteiger partial charge in [0, 0.05) is 25.7 Å². The molecule has 1 rings (SSSR count). The van der Waals surface area contributed by atoms with E-state index in [0.29, 0.717) is 12.4 Å². The van der Waals surface area contributed by atoms with Crippen molar-refractivity contribution in [2.24, 2.45) is 5.41 Å². The minimum atomic E-state index is -0.298. The topological polar surface area (TPSA) is 57.0 Å². The summed E-state index contributed by atoms with van der Waals surface area (Å²) in [7, 11) is 1.68. The smallest absolute Gasteiger partial charge is 0.191 e. The normalized spacial score (nSPS) is 11.8. The summed E-state index contributed by atoms with van der Waals surface area (Å²) in [4.78, 5) is 11.8. The van der Waals surface area contributed by atoms with Crippen molar-refractivity contribution in [3.8, 4) is 0 Å². The molecule has 0 saturated heterocycles. The van der Waals surface area contributed by atoms with E-state index in [1.54, 1.807) is 13.4 Å². The average Bonchev–Trinajstić information content (AvgIpc) is 2.72. The van der Waals surface area contributed by atoms with E-state index in [2.05, 4.69) is 10.2 Å². The minimum absolute atomic E-state index is 0.221. The number of ketones is 1. The Hall–Kier alpha value is -0.880. The molecule has 0 fully saturated rings. The number of methoxy groups -OCH3 is 1. The van der Waals surface area contributed by atoms with E-state index in [-0.39, 0.29) is 11.2 Å². The van der Waals surface area contributed by atoms with E-state index >= 15 is 0 Å². The van der Waals surface area contributed by atoms with Crippen LogP contribution in [0.5, 0.6) is 0 Å². The van der Waals surface area contributed by atoms with Gasteiger partial charge in [0.15, 0.2) is 5.16 Å². The lowest BCUT2D eigenvalue weighted by Crippen LogP contribution is -2.22. The molecular formula is C12H21N3O2S. The van der Waals surface area contributed by atoms with Crippen molar-refractivity contribution in [3.05, 3.63) is 6.33 Å². The van der Waals surface area contributed by atoms with Gasteiger partial charge in [0.2, 0.25) is 0 Å². The lowest BCUT2D eigenvalue weighted by Gasteiger charge is -2.15. The maximum Gasteiger partial charge on any atom is 0.191 e. The average molecular weight is 271 g/mol. The van der Waals surface area contributed by atoms with Crippen LogP contribution in [-0.4, -0.2) is 40.0 Å². The molecule has 0 unspecified atom stereocenters. The molecule has 0 spiro atoms. The zero-order valence-electron chi connectivity index (χ0n) is 11.5. The highest BCUT2D eigenvalue weighted by atomic mass is 32.2. The molecule has 18 heavy (non-hydrogen) atoms. The number of nitrogens with zero attached hydrogens (tertiary/aromatic N) is 3. The number of thioether (sulfide) groups is 1. The van der Waals surface area contributed by atoms with Gasteiger partial charge in [-0.15, -0.1) is 10.2 Å². The van der Waals surface area contributed by atoms with Crippen molar-refractivity contribution in [1.82, 2.24) is 14.8 Å². The molecule has 0 aromatic carbocycles. The standard InChI is InChI=1S/C12H21N3O2S/c1-12(2,3)10(16)8-18-11-14-13-9-15(11)6-5-7-17-4/h9H,5-8H2,1-4H3. The number of ether oxygens (including phenoxy) is 1. The molecule has 1 aromatic rings. The quantitative estimate of drug-likeness (QED) is 0.561. The summed E-state index contributed by atoms with van der Waals surface area (Å²) < 4.78 is 6.97. The van der Waals surface area contributed by atoms with Crippen LogP contribution in [0, 0.1) is 5.41 Å². The number of aromatic nitrogens is 3. The second-order valence-corrected chi connectivity index (χ2v) is 6.06. The zero-order chi connectivity index (χ0) is 13.6. The van der Waals surface area contributed by atoms with E-state index in [0.717, 1.165) is 18.1 Å². The lowest BCUT2D eigenvalue weighted by atomic mass is 9.92. The first kappa shape index (κ1) is 15.2. The van der Waals surface area contributed by atoms with E-state index in [4.69, 9.17) is 4.74 Å². The van der Waals surface area contributed by atoms with Crippen LogP contribution in [0.1, 0.15) is 27.2 Å². The Labute approximate surface area is 112 Å². The zero-order valence-corrected chi connectivity index (χ0v) is 12.3. The highest BCUT2D eigenvalue weighted by Gasteiger charge is 2.21. The number of Topliss-reactive ketones (excluding diaryl/α,β-unsaturated/α-hetero) is 1. The van der Waals surface area contributed by atoms with Gasteiger partial charge in [0.1, 0.15) is 12.1 Å². The molecule has 0 aliphatic carbocycles. The predicted molar refractivity (Wildman–Crippen MR) is 71.7 cm³/mol. The fourth-order valence-corrected chi connectivity index (χ4v) is 2.34. The molecule has 0 amide bonds. The lowest BCUT2D eigenvalue weighted by molar-refractivity contribution is -0.123. The molecule has 1 heterocycles. The second kappa shape index (κ2) is 6.89. The summed E-state index contributed by atoms with van der Waals surface area (Å²) >= 11 is 1.45. The summed E-state index contributed by atoms with van der Waals surface area (Å²) in [6, 6.07) is 0. The van der Waals surface area contributed by atoms with Crippen LogP contribution in [0.15, 0.2) is 11.5 Å². The largest absolute Gasteiger partial charge is 0.385 e. The molecule has 0 saturated carbocycles. The second-order valence-electron chi connectivity index (χ2n) is 5.12. The van der Waals surface area contributed by atoms with Crippen molar-refractivity contribution in [2.75, 3.05) is 19.5 Å². The maximum atomic E-state index is 11.8. The van der Waals surface area contributed by atoms with Crippen molar-refractivity contribution < 1.29 is 9.53 Å². The predicted octanol–water partition coefficient (Wildman–Crippen LogP) is 2.02. The molecule has 1 aromatic heterocycles. The molecule has 0 radical (unpaired) electrons. The molecule has 0 bridgehead atoms. The molecule has 0 aliphatic rings. The van der Waals surface area contributed by atoms with Crippen LogP contribution in [0.25, 0.3) is 0 Å². The van der Waals surface area contributed by atoms with Gasteiger partial charge in [-0.25, -0.2) is 0 Å². The minimum Gasteiger partial charge on any atom is -0.385 e. The SMILES string of the molecule is COCCCn1cnnc1SCC(=O)C(C)(C)C. The molecule has 102 valence electrons. The third kappa shape index (κ3) is 4.78. The first-order chi connectivity index (χ1) is 8.45. The monoisotopic (exact) mass is 271 g/mol. The maximum absolute atomic E-state index is 11.8. The molecule has 6 heteroatoms. The van der Waals surface area contributed by atoms with Gasteiger partial charge in [0.05, 0.1) is 5.75 Å². The highest BCUT2D eigenvalue weighted by Crippen LogP contribution is 2.21. The number of carbonyl (C=O) groups is 1. The molecule has 5 nitrogen and oxygen atoms in total. The summed E-state index contributed by atoms with van der Waals surface area (Å²) in [6.45, 7) is 7.31. The van der Waals surface area contributed by atoms with Gasteiger partial charge in [-0.05, 0) is 6.42 Å². The molecule has 0 aliphatic heterocycles. The van der Waals surface area contributed by atoms with Crippen molar-refractivity contribution in [2.45, 2.75) is 38.9 Å². The third-order valence-electron chi connectivity index (χ3n) is 2.50. The van der Waals surface area contributed by atoms with Gasteiger partial charge in [-0.1, -0.05) is 32.5 Å². The van der Waals surface area contributed by atoms with Crippen LogP contribution in [0.4, 0.5) is 0 Å². The third-order valence-corrected chi connectivity index (χ3v) is 3.48. The van der Waals surface area contributed by atoms with Crippen LogP contribution in [0.2, 0.25) is 0 Å². The van der Waals surface area contributed by atoms with Gasteiger partial charge < -0.3 is 9.30 Å². The van der Waals surface area contributed by atoms with E-state index in [9.17, 15) is 4.79 Å². The van der Waals surface area contributed by atoms with E-state index in [1.165, 1.54) is 11.8 Å². The van der Waals surface area contributed by atoms with E-state index in [1.807, 2.05) is 25.3 Å². The first-order valence-electron chi connectivity index (χ1n) is 5.98. The molecular weight excluding hydrogens is 250 g/mol. The first-order valence-corrected chi connectivity index (χ1v) is 6.96. The van der Waals surface area contributed by atoms with Crippen molar-refractivity contribution in [1.29, 1.82) is 0 Å². The number of carbonyl (C=O) groups excluding carboxylic acids is 1. The van der Waals surface area contributed by atoms with Gasteiger partial charge in [-0.2, -0.15) is 0 Å². The fourth-order valence-electron chi connectivity index (χ4n) is 1.24. The summed E-state index contributed by atoms with van der Waals surface area (Å²) in [6.07, 6.45) is 2.61. The van der Waals surface area contributed by atoms with Gasteiger partial charge in [0.25, 0.3) is 0 Å². The fraction of sp³-hybridized carbons (Fsp3) is 0.750. The van der Waals surface area contributed by atoms with Crippen LogP contribution in [0.3, 0.4) is 0 Å². The number of hydrogen-bond donors (Lipinski definition) is 0. The summed E-state index contributed by atoms with van der Waals surface area (Å²) in [5.41, 5.74) is -0.298. The Bertz CT molecular complexity index is 385. The van der Waals surface area contributed by atoms with Crippen LogP contribution < -0.4 is 0 Å². The van der Waals surface area contributed by atoms with Crippen molar-refractivity contribution >= 4 is 17.5 Å². The summed E-state index contributed by atoms with van der Waals surface area (Å²) in [5, 5.41) is 8.71. The number of hydrogen-bond acceptors (Lipinski definition) is 5. The molecule has 0 N–H and O–H groups in total. The highest BCUT2D eigenvalue weighted by molar-refractivity contribution is 7.99. The number of aryl methyl sites for hydroxylation is 1. The van der Waals surface area contributed by atoms with Gasteiger partial charge >= 0.3 is 0 Å². The Morgan fingerprint density at radius 3 is 2.83 bits per heavy atom. The Kier molecular flexibility index (Phi) is 5.81. The van der Waals surface area contributed by atoms with Gasteiger partial charge in [-0.3, -0.25) is 4.79 Å². The van der Waals surface area contributed by atoms with E-state index < -0.39 is 0 Å². The Morgan fingerprint density at radius 2 is 2.22 bits per heavy atom. The summed E-state index contributed by atoms with van der Waals surface area (Å²) in [5.74, 6) is 0.658. The van der Waals surface area contributed by atoms with Crippen molar-refractivity contribution in [3.63, 3.8) is 0 Å².